The molecule has 0 fully saturated rings. The summed E-state index contributed by atoms with van der Waals surface area (Å²) in [5.41, 5.74) is 4.26. The summed E-state index contributed by atoms with van der Waals surface area (Å²) in [4.78, 5) is 32.7. The molecule has 0 heterocycles. The third-order valence-corrected chi connectivity index (χ3v) is 2.38. The third kappa shape index (κ3) is 4.00. The van der Waals surface area contributed by atoms with Gasteiger partial charge in [-0.1, -0.05) is 0 Å². The van der Waals surface area contributed by atoms with Crippen LogP contribution in [-0.4, -0.2) is 46.2 Å². The van der Waals surface area contributed by atoms with Crippen molar-refractivity contribution < 1.29 is 24.7 Å². The number of nitrogens with zero attached hydrogens (tertiary/aromatic N) is 1. The van der Waals surface area contributed by atoms with Gasteiger partial charge in [0.05, 0.1) is 17.6 Å². The Morgan fingerprint density at radius 3 is 2.45 bits per heavy atom. The first kappa shape index (κ1) is 15.5. The van der Waals surface area contributed by atoms with Crippen LogP contribution in [0.2, 0.25) is 0 Å². The monoisotopic (exact) mass is 283 g/mol. The van der Waals surface area contributed by atoms with Gasteiger partial charge in [0.1, 0.15) is 0 Å². The highest BCUT2D eigenvalue weighted by molar-refractivity contribution is 6.00. The minimum Gasteiger partial charge on any atom is -0.394 e. The maximum absolute atomic E-state index is 11.7. The summed E-state index contributed by atoms with van der Waals surface area (Å²) in [5, 5.41) is 30.7. The van der Waals surface area contributed by atoms with Gasteiger partial charge in [-0.15, -0.1) is 0 Å². The summed E-state index contributed by atoms with van der Waals surface area (Å²) < 4.78 is 0. The number of primary amides is 1. The number of hydrogen-bond acceptors (Lipinski definition) is 6. The van der Waals surface area contributed by atoms with Crippen molar-refractivity contribution in [2.45, 2.75) is 6.10 Å². The topological polar surface area (TPSA) is 156 Å². The van der Waals surface area contributed by atoms with Crippen molar-refractivity contribution in [1.29, 1.82) is 0 Å². The number of carbonyl (C=O) groups is 2. The molecule has 1 atom stereocenters. The van der Waals surface area contributed by atoms with Crippen molar-refractivity contribution in [1.82, 2.24) is 5.32 Å². The Hall–Kier alpha value is -2.52. The molecule has 1 aromatic rings. The lowest BCUT2D eigenvalue weighted by Gasteiger charge is -2.09. The second-order valence-electron chi connectivity index (χ2n) is 3.94. The molecule has 2 amide bonds. The molecule has 20 heavy (non-hydrogen) atoms. The van der Waals surface area contributed by atoms with E-state index in [-0.39, 0.29) is 17.7 Å². The van der Waals surface area contributed by atoms with E-state index in [0.29, 0.717) is 0 Å². The predicted octanol–water partition coefficient (Wildman–Crippen LogP) is -1.22. The van der Waals surface area contributed by atoms with Gasteiger partial charge in [-0.25, -0.2) is 0 Å². The zero-order valence-electron chi connectivity index (χ0n) is 10.3. The Morgan fingerprint density at radius 1 is 1.35 bits per heavy atom. The average molecular weight is 283 g/mol. The molecule has 9 nitrogen and oxygen atoms in total. The van der Waals surface area contributed by atoms with Crippen LogP contribution in [0, 0.1) is 10.1 Å². The smallest absolute Gasteiger partial charge is 0.271 e. The van der Waals surface area contributed by atoms with Gasteiger partial charge in [-0.2, -0.15) is 0 Å². The number of non-ortho nitro benzene ring substituents is 1. The molecule has 0 aliphatic rings. The van der Waals surface area contributed by atoms with E-state index in [4.69, 9.17) is 15.9 Å². The number of benzene rings is 1. The van der Waals surface area contributed by atoms with Crippen molar-refractivity contribution in [2.24, 2.45) is 5.73 Å². The van der Waals surface area contributed by atoms with Crippen LogP contribution in [-0.2, 0) is 0 Å². The van der Waals surface area contributed by atoms with Crippen molar-refractivity contribution in [2.75, 3.05) is 13.2 Å². The molecule has 1 unspecified atom stereocenters. The van der Waals surface area contributed by atoms with E-state index >= 15 is 0 Å². The molecule has 0 radical (unpaired) electrons. The molecule has 0 saturated carbocycles. The summed E-state index contributed by atoms with van der Waals surface area (Å²) in [6.07, 6.45) is -1.15. The fourth-order valence-corrected chi connectivity index (χ4v) is 1.37. The molecule has 0 aromatic heterocycles. The molecule has 1 aromatic carbocycles. The molecule has 5 N–H and O–H groups in total. The van der Waals surface area contributed by atoms with Crippen LogP contribution >= 0.6 is 0 Å². The zero-order chi connectivity index (χ0) is 15.3. The summed E-state index contributed by atoms with van der Waals surface area (Å²) in [7, 11) is 0. The molecule has 1 rings (SSSR count). The van der Waals surface area contributed by atoms with Gasteiger partial charge in [0.15, 0.2) is 0 Å². The Balaban J connectivity index is 3.01. The molecule has 108 valence electrons. The van der Waals surface area contributed by atoms with E-state index < -0.39 is 35.1 Å². The summed E-state index contributed by atoms with van der Waals surface area (Å²) in [5.74, 6) is -1.64. The van der Waals surface area contributed by atoms with Gasteiger partial charge in [0.2, 0.25) is 5.91 Å². The van der Waals surface area contributed by atoms with E-state index in [1.807, 2.05) is 0 Å². The standard InChI is InChI=1S/C11H13N3O6/c12-10(17)6-1-7(3-8(2-6)14(19)20)11(18)13-4-9(16)5-15/h1-3,9,15-16H,4-5H2,(H2,12,17)(H,13,18). The minimum absolute atomic E-state index is 0.141. The molecule has 0 saturated heterocycles. The van der Waals surface area contributed by atoms with E-state index in [1.54, 1.807) is 0 Å². The Kier molecular flexibility index (Phi) is 5.12. The summed E-state index contributed by atoms with van der Waals surface area (Å²) >= 11 is 0. The maximum Gasteiger partial charge on any atom is 0.271 e. The minimum atomic E-state index is -1.15. The molecule has 0 aliphatic carbocycles. The second kappa shape index (κ2) is 6.59. The number of rotatable bonds is 6. The Labute approximate surface area is 113 Å². The molecule has 9 heteroatoms. The van der Waals surface area contributed by atoms with Crippen molar-refractivity contribution in [3.05, 3.63) is 39.4 Å². The van der Waals surface area contributed by atoms with Gasteiger partial charge in [0.25, 0.3) is 11.6 Å². The van der Waals surface area contributed by atoms with Crippen LogP contribution in [0.3, 0.4) is 0 Å². The van der Waals surface area contributed by atoms with Crippen LogP contribution in [0.1, 0.15) is 20.7 Å². The Morgan fingerprint density at radius 2 is 1.95 bits per heavy atom. The third-order valence-electron chi connectivity index (χ3n) is 2.38. The quantitative estimate of drug-likeness (QED) is 0.378. The summed E-state index contributed by atoms with van der Waals surface area (Å²) in [6.45, 7) is -0.772. The van der Waals surface area contributed by atoms with E-state index in [2.05, 4.69) is 5.32 Å². The van der Waals surface area contributed by atoms with E-state index in [1.165, 1.54) is 0 Å². The molecule has 0 spiro atoms. The molecular formula is C11H13N3O6. The second-order valence-corrected chi connectivity index (χ2v) is 3.94. The first-order valence-corrected chi connectivity index (χ1v) is 5.51. The zero-order valence-corrected chi connectivity index (χ0v) is 10.3. The lowest BCUT2D eigenvalue weighted by Crippen LogP contribution is -2.34. The number of amides is 2. The van der Waals surface area contributed by atoms with Gasteiger partial charge in [-0.3, -0.25) is 19.7 Å². The largest absolute Gasteiger partial charge is 0.394 e. The van der Waals surface area contributed by atoms with Gasteiger partial charge in [-0.05, 0) is 6.07 Å². The fraction of sp³-hybridized carbons (Fsp3) is 0.273. The molecule has 0 aliphatic heterocycles. The molecular weight excluding hydrogens is 270 g/mol. The lowest BCUT2D eigenvalue weighted by atomic mass is 10.1. The number of nitro benzene ring substituents is 1. The van der Waals surface area contributed by atoms with Crippen LogP contribution in [0.4, 0.5) is 5.69 Å². The number of hydrogen-bond donors (Lipinski definition) is 4. The van der Waals surface area contributed by atoms with Crippen molar-refractivity contribution in [3.8, 4) is 0 Å². The number of carbonyl (C=O) groups excluding carboxylic acids is 2. The van der Waals surface area contributed by atoms with Gasteiger partial charge >= 0.3 is 0 Å². The lowest BCUT2D eigenvalue weighted by molar-refractivity contribution is -0.384. The highest BCUT2D eigenvalue weighted by Crippen LogP contribution is 2.17. The highest BCUT2D eigenvalue weighted by Gasteiger charge is 2.17. The van der Waals surface area contributed by atoms with Gasteiger partial charge in [0, 0.05) is 29.8 Å². The van der Waals surface area contributed by atoms with Crippen LogP contribution in [0.25, 0.3) is 0 Å². The first-order chi connectivity index (χ1) is 9.35. The normalized spacial score (nSPS) is 11.7. The number of nitro groups is 1. The molecule has 0 bridgehead atoms. The van der Waals surface area contributed by atoms with E-state index in [0.717, 1.165) is 18.2 Å². The van der Waals surface area contributed by atoms with Gasteiger partial charge < -0.3 is 21.3 Å². The van der Waals surface area contributed by atoms with Crippen LogP contribution in [0.15, 0.2) is 18.2 Å². The number of nitrogens with one attached hydrogen (secondary N) is 1. The first-order valence-electron chi connectivity index (χ1n) is 5.51. The number of aliphatic hydroxyl groups is 2. The highest BCUT2D eigenvalue weighted by atomic mass is 16.6. The van der Waals surface area contributed by atoms with Crippen LogP contribution < -0.4 is 11.1 Å². The average Bonchev–Trinajstić information content (AvgIpc) is 2.43. The fourth-order valence-electron chi connectivity index (χ4n) is 1.37. The van der Waals surface area contributed by atoms with Crippen molar-refractivity contribution in [3.63, 3.8) is 0 Å². The summed E-state index contributed by atoms with van der Waals surface area (Å²) in [6, 6.07) is 3.05. The van der Waals surface area contributed by atoms with Crippen molar-refractivity contribution >= 4 is 17.5 Å². The number of aliphatic hydroxyl groups excluding tert-OH is 2. The Bertz CT molecular complexity index is 513. The number of nitrogens with two attached hydrogens (primary N) is 1. The SMILES string of the molecule is NC(=O)c1cc(C(=O)NCC(O)CO)cc([N+](=O)[O-])c1. The maximum atomic E-state index is 11.7. The predicted molar refractivity (Wildman–Crippen MR) is 67.0 cm³/mol. The van der Waals surface area contributed by atoms with E-state index in [9.17, 15) is 19.7 Å². The van der Waals surface area contributed by atoms with Crippen LogP contribution in [0.5, 0.6) is 0 Å².